The third-order valence-electron chi connectivity index (χ3n) is 5.52. The Kier molecular flexibility index (Phi) is 17.2. The third-order valence-corrected chi connectivity index (χ3v) is 5.52. The van der Waals surface area contributed by atoms with Crippen molar-refractivity contribution in [2.24, 2.45) is 11.8 Å². The summed E-state index contributed by atoms with van der Waals surface area (Å²) in [4.78, 5) is 22.1. The number of hydrogen-bond donors (Lipinski definition) is 4. The minimum Gasteiger partial charge on any atom is -0.481 e. The van der Waals surface area contributed by atoms with Crippen LogP contribution in [0.2, 0.25) is 0 Å². The zero-order valence-electron chi connectivity index (χ0n) is 17.7. The molecule has 0 aromatic carbocycles. The maximum atomic E-state index is 11.7. The molecule has 6 heteroatoms. The van der Waals surface area contributed by atoms with E-state index in [9.17, 15) is 19.8 Å². The van der Waals surface area contributed by atoms with E-state index in [0.29, 0.717) is 0 Å². The van der Waals surface area contributed by atoms with Crippen LogP contribution in [0, 0.1) is 11.8 Å². The molecule has 0 bridgehead atoms. The van der Waals surface area contributed by atoms with Crippen LogP contribution in [0.3, 0.4) is 0 Å². The van der Waals surface area contributed by atoms with Crippen molar-refractivity contribution in [3.63, 3.8) is 0 Å². The maximum Gasteiger partial charge on any atom is 0.306 e. The minimum absolute atomic E-state index is 0.0567. The number of unbranched alkanes of at least 4 members (excludes halogenated alkanes) is 9. The molecule has 0 fully saturated rings. The second-order valence-corrected chi connectivity index (χ2v) is 8.03. The summed E-state index contributed by atoms with van der Waals surface area (Å²) in [7, 11) is 0. The molecular weight excluding hydrogens is 360 g/mol. The molecule has 6 nitrogen and oxygen atoms in total. The van der Waals surface area contributed by atoms with Crippen molar-refractivity contribution in [3.8, 4) is 0 Å². The number of aliphatic hydroxyl groups is 2. The summed E-state index contributed by atoms with van der Waals surface area (Å²) in [6.45, 7) is 1.73. The minimum atomic E-state index is -0.962. The SMILES string of the molecule is CCCCCC(CCCCCCCCCCC(=O)O)C(CC(O)CO)C(=O)O. The summed E-state index contributed by atoms with van der Waals surface area (Å²) in [6.07, 6.45) is 12.6. The average molecular weight is 403 g/mol. The molecule has 0 aliphatic carbocycles. The number of rotatable bonds is 20. The van der Waals surface area contributed by atoms with Gasteiger partial charge in [0.25, 0.3) is 0 Å². The van der Waals surface area contributed by atoms with Crippen LogP contribution < -0.4 is 0 Å². The summed E-state index contributed by atoms with van der Waals surface area (Å²) >= 11 is 0. The molecule has 0 aliphatic rings. The molecule has 0 saturated heterocycles. The van der Waals surface area contributed by atoms with Crippen molar-refractivity contribution >= 4 is 11.9 Å². The molecule has 0 aromatic heterocycles. The summed E-state index contributed by atoms with van der Waals surface area (Å²) in [5, 5.41) is 37.0. The lowest BCUT2D eigenvalue weighted by molar-refractivity contribution is -0.145. The van der Waals surface area contributed by atoms with Gasteiger partial charge in [-0.15, -0.1) is 0 Å². The summed E-state index contributed by atoms with van der Waals surface area (Å²) < 4.78 is 0. The normalized spacial score (nSPS) is 14.5. The molecule has 166 valence electrons. The first-order chi connectivity index (χ1) is 13.4. The highest BCUT2D eigenvalue weighted by Crippen LogP contribution is 2.29. The van der Waals surface area contributed by atoms with Gasteiger partial charge in [-0.2, -0.15) is 0 Å². The fourth-order valence-electron chi connectivity index (χ4n) is 3.81. The largest absolute Gasteiger partial charge is 0.481 e. The van der Waals surface area contributed by atoms with Gasteiger partial charge >= 0.3 is 11.9 Å². The molecule has 0 heterocycles. The molecule has 0 saturated carbocycles. The number of hydrogen-bond acceptors (Lipinski definition) is 4. The number of carboxylic acids is 2. The molecule has 28 heavy (non-hydrogen) atoms. The molecule has 3 unspecified atom stereocenters. The van der Waals surface area contributed by atoms with Crippen molar-refractivity contribution in [2.75, 3.05) is 6.61 Å². The molecule has 0 radical (unpaired) electrons. The van der Waals surface area contributed by atoms with E-state index in [0.717, 1.165) is 83.5 Å². The van der Waals surface area contributed by atoms with Crippen LogP contribution in [0.15, 0.2) is 0 Å². The number of carbonyl (C=O) groups is 2. The summed E-state index contributed by atoms with van der Waals surface area (Å²) in [6, 6.07) is 0. The van der Waals surface area contributed by atoms with Crippen LogP contribution >= 0.6 is 0 Å². The zero-order valence-corrected chi connectivity index (χ0v) is 17.7. The zero-order chi connectivity index (χ0) is 21.2. The van der Waals surface area contributed by atoms with Crippen molar-refractivity contribution in [1.82, 2.24) is 0 Å². The van der Waals surface area contributed by atoms with Gasteiger partial charge in [0, 0.05) is 6.42 Å². The topological polar surface area (TPSA) is 115 Å². The Hall–Kier alpha value is -1.14. The van der Waals surface area contributed by atoms with E-state index in [1.807, 2.05) is 0 Å². The molecule has 3 atom stereocenters. The molecule has 4 N–H and O–H groups in total. The number of carboxylic acid groups (broad SMARTS) is 2. The predicted octanol–water partition coefficient (Wildman–Crippen LogP) is 4.61. The van der Waals surface area contributed by atoms with Gasteiger partial charge in [-0.05, 0) is 31.6 Å². The van der Waals surface area contributed by atoms with E-state index in [1.165, 1.54) is 0 Å². The van der Waals surface area contributed by atoms with Crippen molar-refractivity contribution < 1.29 is 30.0 Å². The van der Waals surface area contributed by atoms with Gasteiger partial charge in [0.2, 0.25) is 0 Å². The van der Waals surface area contributed by atoms with E-state index in [-0.39, 0.29) is 18.8 Å². The monoisotopic (exact) mass is 402 g/mol. The average Bonchev–Trinajstić information content (AvgIpc) is 2.65. The fourth-order valence-corrected chi connectivity index (χ4v) is 3.81. The summed E-state index contributed by atoms with van der Waals surface area (Å²) in [5.41, 5.74) is 0. The Balaban J connectivity index is 4.16. The van der Waals surface area contributed by atoms with Crippen molar-refractivity contribution in [3.05, 3.63) is 0 Å². The highest BCUT2D eigenvalue weighted by molar-refractivity contribution is 5.70. The molecule has 0 spiro atoms. The van der Waals surface area contributed by atoms with Crippen molar-refractivity contribution in [1.29, 1.82) is 0 Å². The molecule has 0 amide bonds. The molecule has 0 aromatic rings. The van der Waals surface area contributed by atoms with Crippen molar-refractivity contribution in [2.45, 2.75) is 109 Å². The van der Waals surface area contributed by atoms with Gasteiger partial charge in [0.1, 0.15) is 0 Å². The lowest BCUT2D eigenvalue weighted by Gasteiger charge is -2.25. The molecule has 0 rings (SSSR count). The van der Waals surface area contributed by atoms with Gasteiger partial charge in [-0.3, -0.25) is 9.59 Å². The first kappa shape index (κ1) is 26.9. The molecular formula is C22H42O6. The molecule has 0 aliphatic heterocycles. The Labute approximate surface area is 170 Å². The van der Waals surface area contributed by atoms with E-state index in [4.69, 9.17) is 10.2 Å². The third kappa shape index (κ3) is 14.9. The van der Waals surface area contributed by atoms with Crippen LogP contribution in [-0.2, 0) is 9.59 Å². The van der Waals surface area contributed by atoms with Crippen LogP contribution in [0.4, 0.5) is 0 Å². The summed E-state index contributed by atoms with van der Waals surface area (Å²) in [5.74, 6) is -2.12. The van der Waals surface area contributed by atoms with E-state index in [1.54, 1.807) is 0 Å². The van der Waals surface area contributed by atoms with Gasteiger partial charge in [-0.25, -0.2) is 0 Å². The fraction of sp³-hybridized carbons (Fsp3) is 0.909. The van der Waals surface area contributed by atoms with Crippen LogP contribution in [0.1, 0.15) is 103 Å². The predicted molar refractivity (Wildman–Crippen MR) is 110 cm³/mol. The van der Waals surface area contributed by atoms with Gasteiger partial charge in [0.05, 0.1) is 18.6 Å². The first-order valence-electron chi connectivity index (χ1n) is 11.2. The Bertz CT molecular complexity index is 398. The van der Waals surface area contributed by atoms with Gasteiger partial charge in [-0.1, -0.05) is 71.1 Å². The standard InChI is InChI=1S/C22H42O6/c1-2-3-10-13-18(20(22(27)28)16-19(24)17-23)14-11-8-6-4-5-7-9-12-15-21(25)26/h18-20,23-24H,2-17H2,1H3,(H,25,26)(H,27,28). The Morgan fingerprint density at radius 1 is 0.786 bits per heavy atom. The maximum absolute atomic E-state index is 11.7. The Morgan fingerprint density at radius 2 is 1.29 bits per heavy atom. The quantitative estimate of drug-likeness (QED) is 0.221. The lowest BCUT2D eigenvalue weighted by Crippen LogP contribution is -2.29. The highest BCUT2D eigenvalue weighted by atomic mass is 16.4. The van der Waals surface area contributed by atoms with E-state index >= 15 is 0 Å². The van der Waals surface area contributed by atoms with E-state index < -0.39 is 30.6 Å². The lowest BCUT2D eigenvalue weighted by atomic mass is 9.80. The van der Waals surface area contributed by atoms with Gasteiger partial charge in [0.15, 0.2) is 0 Å². The first-order valence-corrected chi connectivity index (χ1v) is 11.2. The van der Waals surface area contributed by atoms with E-state index in [2.05, 4.69) is 6.92 Å². The second kappa shape index (κ2) is 17.9. The smallest absolute Gasteiger partial charge is 0.306 e. The highest BCUT2D eigenvalue weighted by Gasteiger charge is 2.29. The number of aliphatic carboxylic acids is 2. The van der Waals surface area contributed by atoms with Crippen LogP contribution in [0.25, 0.3) is 0 Å². The number of aliphatic hydroxyl groups excluding tert-OH is 2. The van der Waals surface area contributed by atoms with Gasteiger partial charge < -0.3 is 20.4 Å². The second-order valence-electron chi connectivity index (χ2n) is 8.03. The Morgan fingerprint density at radius 3 is 1.75 bits per heavy atom. The van der Waals surface area contributed by atoms with Crippen LogP contribution in [-0.4, -0.2) is 45.1 Å². The van der Waals surface area contributed by atoms with Crippen LogP contribution in [0.5, 0.6) is 0 Å².